The van der Waals surface area contributed by atoms with Crippen LogP contribution in [-0.4, -0.2) is 32.3 Å². The third-order valence-electron chi connectivity index (χ3n) is 5.41. The quantitative estimate of drug-likeness (QED) is 0.328. The highest BCUT2D eigenvalue weighted by molar-refractivity contribution is 6.00. The van der Waals surface area contributed by atoms with Crippen LogP contribution in [0.4, 0.5) is 0 Å². The van der Waals surface area contributed by atoms with Crippen LogP contribution < -0.4 is 10.1 Å². The van der Waals surface area contributed by atoms with Gasteiger partial charge in [-0.3, -0.25) is 4.79 Å². The predicted octanol–water partition coefficient (Wildman–Crippen LogP) is 6.06. The second-order valence-corrected chi connectivity index (χ2v) is 8.41. The van der Waals surface area contributed by atoms with E-state index in [0.29, 0.717) is 18.9 Å². The molecule has 0 saturated carbocycles. The summed E-state index contributed by atoms with van der Waals surface area (Å²) in [6, 6.07) is 10.3. The average Bonchev–Trinajstić information content (AvgIpc) is 3.14. The van der Waals surface area contributed by atoms with Crippen LogP contribution in [0.25, 0.3) is 27.7 Å². The lowest BCUT2D eigenvalue weighted by Gasteiger charge is -2.11. The molecule has 3 rings (SSSR count). The van der Waals surface area contributed by atoms with Gasteiger partial charge < -0.3 is 19.2 Å². The van der Waals surface area contributed by atoms with Gasteiger partial charge in [0.1, 0.15) is 11.3 Å². The molecule has 0 aliphatic carbocycles. The Bertz CT molecular complexity index is 1120. The second-order valence-electron chi connectivity index (χ2n) is 8.41. The molecule has 1 N–H and O–H groups in total. The van der Waals surface area contributed by atoms with Gasteiger partial charge in [-0.15, -0.1) is 0 Å². The Labute approximate surface area is 190 Å². The number of ether oxygens (including phenoxy) is 2. The van der Waals surface area contributed by atoms with Gasteiger partial charge in [0.25, 0.3) is 0 Å². The topological polar surface area (TPSA) is 60.7 Å². The van der Waals surface area contributed by atoms with E-state index in [-0.39, 0.29) is 12.0 Å². The number of hydrogen-bond acceptors (Lipinski definition) is 4. The lowest BCUT2D eigenvalue weighted by atomic mass is 9.96. The third-order valence-corrected chi connectivity index (χ3v) is 5.41. The summed E-state index contributed by atoms with van der Waals surface area (Å²) in [4.78, 5) is 12.4. The smallest absolute Gasteiger partial charge is 0.244 e. The van der Waals surface area contributed by atoms with E-state index in [1.165, 1.54) is 11.1 Å². The van der Waals surface area contributed by atoms with Crippen LogP contribution in [0, 0.1) is 13.8 Å². The van der Waals surface area contributed by atoms with Crippen molar-refractivity contribution in [2.24, 2.45) is 0 Å². The van der Waals surface area contributed by atoms with Gasteiger partial charge in [0, 0.05) is 41.8 Å². The van der Waals surface area contributed by atoms with Gasteiger partial charge in [0.05, 0.1) is 19.5 Å². The Morgan fingerprint density at radius 2 is 1.94 bits per heavy atom. The maximum atomic E-state index is 12.4. The highest BCUT2D eigenvalue weighted by atomic mass is 16.5. The average molecular weight is 436 g/mol. The molecule has 0 fully saturated rings. The van der Waals surface area contributed by atoms with E-state index >= 15 is 0 Å². The van der Waals surface area contributed by atoms with Gasteiger partial charge in [0.15, 0.2) is 0 Å². The van der Waals surface area contributed by atoms with Crippen molar-refractivity contribution in [2.75, 3.05) is 20.3 Å². The van der Waals surface area contributed by atoms with Crippen molar-refractivity contribution in [3.8, 4) is 16.9 Å². The number of furan rings is 1. The molecule has 0 radical (unpaired) electrons. The number of methoxy groups -OCH3 is 1. The first kappa shape index (κ1) is 23.6. The van der Waals surface area contributed by atoms with Crippen molar-refractivity contribution >= 4 is 22.4 Å². The minimum atomic E-state index is -0.129. The first-order valence-electron chi connectivity index (χ1n) is 11.0. The Morgan fingerprint density at radius 1 is 1.16 bits per heavy atom. The van der Waals surface area contributed by atoms with E-state index in [0.717, 1.165) is 39.7 Å². The van der Waals surface area contributed by atoms with Crippen LogP contribution in [0.5, 0.6) is 5.75 Å². The van der Waals surface area contributed by atoms with Crippen molar-refractivity contribution in [3.63, 3.8) is 0 Å². The zero-order valence-corrected chi connectivity index (χ0v) is 19.9. The summed E-state index contributed by atoms with van der Waals surface area (Å²) < 4.78 is 17.0. The summed E-state index contributed by atoms with van der Waals surface area (Å²) >= 11 is 0. The summed E-state index contributed by atoms with van der Waals surface area (Å²) in [6.45, 7) is 11.3. The Morgan fingerprint density at radius 3 is 2.62 bits per heavy atom. The van der Waals surface area contributed by atoms with Crippen LogP contribution in [0.15, 0.2) is 47.1 Å². The Kier molecular flexibility index (Phi) is 7.75. The van der Waals surface area contributed by atoms with Gasteiger partial charge in [-0.05, 0) is 63.8 Å². The highest BCUT2D eigenvalue weighted by Crippen LogP contribution is 2.38. The fourth-order valence-corrected chi connectivity index (χ4v) is 3.78. The Hall–Kier alpha value is -3.05. The number of carbonyl (C=O) groups excluding carboxylic acids is 1. The minimum absolute atomic E-state index is 0.129. The van der Waals surface area contributed by atoms with E-state index < -0.39 is 0 Å². The van der Waals surface area contributed by atoms with Gasteiger partial charge >= 0.3 is 0 Å². The highest BCUT2D eigenvalue weighted by Gasteiger charge is 2.16. The number of rotatable bonds is 9. The van der Waals surface area contributed by atoms with E-state index in [4.69, 9.17) is 13.9 Å². The van der Waals surface area contributed by atoms with Gasteiger partial charge in [0.2, 0.25) is 5.91 Å². The molecule has 5 heteroatoms. The zero-order valence-electron chi connectivity index (χ0n) is 19.9. The number of amides is 1. The van der Waals surface area contributed by atoms with E-state index in [9.17, 15) is 4.79 Å². The number of aryl methyl sites for hydroxylation is 2. The maximum absolute atomic E-state index is 12.4. The molecule has 1 heterocycles. The van der Waals surface area contributed by atoms with Crippen molar-refractivity contribution in [2.45, 2.75) is 47.1 Å². The number of benzene rings is 2. The first-order chi connectivity index (χ1) is 15.3. The molecule has 5 nitrogen and oxygen atoms in total. The molecule has 0 spiro atoms. The predicted molar refractivity (Wildman–Crippen MR) is 130 cm³/mol. The standard InChI is InChI=1S/C27H33NO4/c1-17(2)31-11-7-10-28-27(29)13-20(5)22-14-23-24(16-32-26(23)15-25(22)30-6)21-9-8-18(3)12-19(21)4/h8-9,12-17H,7,10-11H2,1-6H3,(H,28,29)/b20-13+. The molecule has 0 saturated heterocycles. The zero-order chi connectivity index (χ0) is 23.3. The fraction of sp³-hybridized carbons (Fsp3) is 0.370. The van der Waals surface area contributed by atoms with Gasteiger partial charge in [-0.1, -0.05) is 23.8 Å². The molecule has 170 valence electrons. The maximum Gasteiger partial charge on any atom is 0.244 e. The monoisotopic (exact) mass is 435 g/mol. The summed E-state index contributed by atoms with van der Waals surface area (Å²) in [5, 5.41) is 3.91. The van der Waals surface area contributed by atoms with Gasteiger partial charge in [-0.25, -0.2) is 0 Å². The first-order valence-corrected chi connectivity index (χ1v) is 11.0. The van der Waals surface area contributed by atoms with Crippen molar-refractivity contribution in [1.29, 1.82) is 0 Å². The lowest BCUT2D eigenvalue weighted by molar-refractivity contribution is -0.116. The number of fused-ring (bicyclic) bond motifs is 1. The molecule has 0 bridgehead atoms. The normalized spacial score (nSPS) is 11.9. The molecule has 1 aromatic heterocycles. The van der Waals surface area contributed by atoms with E-state index in [2.05, 4.69) is 37.4 Å². The van der Waals surface area contributed by atoms with Crippen molar-refractivity contribution < 1.29 is 18.7 Å². The molecule has 0 unspecified atom stereocenters. The summed E-state index contributed by atoms with van der Waals surface area (Å²) in [5.41, 5.74) is 7.03. The summed E-state index contributed by atoms with van der Waals surface area (Å²) in [7, 11) is 1.63. The Balaban J connectivity index is 1.86. The number of hydrogen-bond donors (Lipinski definition) is 1. The van der Waals surface area contributed by atoms with Crippen LogP contribution in [0.3, 0.4) is 0 Å². The third kappa shape index (κ3) is 5.60. The molecule has 3 aromatic rings. The minimum Gasteiger partial charge on any atom is -0.496 e. The van der Waals surface area contributed by atoms with Crippen LogP contribution in [0.2, 0.25) is 0 Å². The number of carbonyl (C=O) groups is 1. The van der Waals surface area contributed by atoms with E-state index in [1.54, 1.807) is 19.4 Å². The van der Waals surface area contributed by atoms with Crippen LogP contribution >= 0.6 is 0 Å². The molecule has 0 aliphatic rings. The van der Waals surface area contributed by atoms with Crippen molar-refractivity contribution in [1.82, 2.24) is 5.32 Å². The van der Waals surface area contributed by atoms with Crippen LogP contribution in [0.1, 0.15) is 43.9 Å². The number of nitrogens with one attached hydrogen (secondary N) is 1. The molecule has 0 aliphatic heterocycles. The number of allylic oxidation sites excluding steroid dienone is 1. The summed E-state index contributed by atoms with van der Waals surface area (Å²) in [5.74, 6) is 0.543. The van der Waals surface area contributed by atoms with Crippen LogP contribution in [-0.2, 0) is 9.53 Å². The molecular weight excluding hydrogens is 402 g/mol. The molecule has 1 amide bonds. The molecule has 0 atom stereocenters. The van der Waals surface area contributed by atoms with Gasteiger partial charge in [-0.2, -0.15) is 0 Å². The lowest BCUT2D eigenvalue weighted by Crippen LogP contribution is -2.23. The molecule has 2 aromatic carbocycles. The second kappa shape index (κ2) is 10.5. The van der Waals surface area contributed by atoms with E-state index in [1.807, 2.05) is 32.9 Å². The van der Waals surface area contributed by atoms with Crippen molar-refractivity contribution in [3.05, 3.63) is 59.4 Å². The molecule has 32 heavy (non-hydrogen) atoms. The largest absolute Gasteiger partial charge is 0.496 e. The fourth-order valence-electron chi connectivity index (χ4n) is 3.78. The molecular formula is C27H33NO4. The SMILES string of the molecule is COc1cc2occ(-c3ccc(C)cc3C)c2cc1/C(C)=C/C(=O)NCCCOC(C)C. The summed E-state index contributed by atoms with van der Waals surface area (Å²) in [6.07, 6.45) is 4.38.